The first kappa shape index (κ1) is 17.9. The first-order chi connectivity index (χ1) is 12.7. The molecule has 0 bridgehead atoms. The lowest BCUT2D eigenvalue weighted by Gasteiger charge is -2.15. The summed E-state index contributed by atoms with van der Waals surface area (Å²) >= 11 is 0. The molecule has 3 rings (SSSR count). The highest BCUT2D eigenvalue weighted by Crippen LogP contribution is 2.38. The molecule has 0 atom stereocenters. The van der Waals surface area contributed by atoms with E-state index in [2.05, 4.69) is 40.0 Å². The van der Waals surface area contributed by atoms with Crippen molar-refractivity contribution >= 4 is 16.7 Å². The molecule has 0 saturated heterocycles. The molecule has 0 fully saturated rings. The van der Waals surface area contributed by atoms with E-state index in [4.69, 9.17) is 14.2 Å². The lowest BCUT2D eigenvalue weighted by molar-refractivity contribution is 0.324. The Balaban J connectivity index is 1.79. The number of nitrogens with one attached hydrogen (secondary N) is 1. The average Bonchev–Trinajstić information content (AvgIpc) is 3.07. The number of imidazole rings is 1. The number of aryl methyl sites for hydroxylation is 1. The largest absolute Gasteiger partial charge is 0.493 e. The fourth-order valence-electron chi connectivity index (χ4n) is 3.03. The van der Waals surface area contributed by atoms with Crippen LogP contribution >= 0.6 is 0 Å². The zero-order valence-corrected chi connectivity index (χ0v) is 15.7. The first-order valence-corrected chi connectivity index (χ1v) is 8.67. The smallest absolute Gasteiger partial charge is 0.203 e. The van der Waals surface area contributed by atoms with Gasteiger partial charge >= 0.3 is 0 Å². The maximum atomic E-state index is 5.41. The SMILES string of the molecule is CCCn1cnc2cc(NCc3cc(OC)c(OC)c(OC)c3)ccc21. The van der Waals surface area contributed by atoms with Crippen LogP contribution in [-0.2, 0) is 13.1 Å². The van der Waals surface area contributed by atoms with E-state index >= 15 is 0 Å². The topological polar surface area (TPSA) is 57.5 Å². The Morgan fingerprint density at radius 1 is 1.00 bits per heavy atom. The predicted octanol–water partition coefficient (Wildman–Crippen LogP) is 4.08. The Hall–Kier alpha value is -2.89. The van der Waals surface area contributed by atoms with Crippen LogP contribution in [0.2, 0.25) is 0 Å². The first-order valence-electron chi connectivity index (χ1n) is 8.67. The highest BCUT2D eigenvalue weighted by atomic mass is 16.5. The number of benzene rings is 2. The van der Waals surface area contributed by atoms with E-state index in [0.29, 0.717) is 23.8 Å². The molecule has 26 heavy (non-hydrogen) atoms. The molecule has 0 aliphatic carbocycles. The molecule has 1 N–H and O–H groups in total. The molecule has 0 aliphatic rings. The van der Waals surface area contributed by atoms with E-state index in [0.717, 1.165) is 35.2 Å². The van der Waals surface area contributed by atoms with Crippen molar-refractivity contribution in [2.45, 2.75) is 26.4 Å². The van der Waals surface area contributed by atoms with Gasteiger partial charge < -0.3 is 24.1 Å². The van der Waals surface area contributed by atoms with E-state index in [1.54, 1.807) is 21.3 Å². The summed E-state index contributed by atoms with van der Waals surface area (Å²) in [7, 11) is 4.84. The molecule has 0 saturated carbocycles. The van der Waals surface area contributed by atoms with E-state index in [1.807, 2.05) is 18.5 Å². The van der Waals surface area contributed by atoms with Crippen LogP contribution in [0.25, 0.3) is 11.0 Å². The Labute approximate surface area is 153 Å². The van der Waals surface area contributed by atoms with Crippen molar-refractivity contribution in [3.8, 4) is 17.2 Å². The van der Waals surface area contributed by atoms with Gasteiger partial charge in [0.05, 0.1) is 38.7 Å². The summed E-state index contributed by atoms with van der Waals surface area (Å²) < 4.78 is 18.4. The normalized spacial score (nSPS) is 10.8. The Kier molecular flexibility index (Phi) is 5.51. The van der Waals surface area contributed by atoms with Gasteiger partial charge in [-0.2, -0.15) is 0 Å². The van der Waals surface area contributed by atoms with Gasteiger partial charge in [-0.15, -0.1) is 0 Å². The second-order valence-corrected chi connectivity index (χ2v) is 6.03. The van der Waals surface area contributed by atoms with Crippen molar-refractivity contribution < 1.29 is 14.2 Å². The summed E-state index contributed by atoms with van der Waals surface area (Å²) in [6.07, 6.45) is 2.99. The maximum Gasteiger partial charge on any atom is 0.203 e. The number of hydrogen-bond acceptors (Lipinski definition) is 5. The molecule has 6 heteroatoms. The second-order valence-electron chi connectivity index (χ2n) is 6.03. The molecule has 2 aromatic carbocycles. The number of aromatic nitrogens is 2. The molecule has 3 aromatic rings. The van der Waals surface area contributed by atoms with Gasteiger partial charge in [-0.25, -0.2) is 4.98 Å². The maximum absolute atomic E-state index is 5.41. The molecule has 1 heterocycles. The van der Waals surface area contributed by atoms with Crippen molar-refractivity contribution in [1.29, 1.82) is 0 Å². The minimum atomic E-state index is 0.599. The number of methoxy groups -OCH3 is 3. The van der Waals surface area contributed by atoms with Crippen LogP contribution in [0.15, 0.2) is 36.7 Å². The molecule has 138 valence electrons. The van der Waals surface area contributed by atoms with Crippen LogP contribution in [0.1, 0.15) is 18.9 Å². The van der Waals surface area contributed by atoms with Crippen LogP contribution in [0.5, 0.6) is 17.2 Å². The molecule has 0 spiro atoms. The van der Waals surface area contributed by atoms with Crippen molar-refractivity contribution in [1.82, 2.24) is 9.55 Å². The monoisotopic (exact) mass is 355 g/mol. The third-order valence-electron chi connectivity index (χ3n) is 4.31. The number of ether oxygens (including phenoxy) is 3. The van der Waals surface area contributed by atoms with Gasteiger partial charge in [0.1, 0.15) is 0 Å². The third-order valence-corrected chi connectivity index (χ3v) is 4.31. The zero-order valence-electron chi connectivity index (χ0n) is 15.7. The van der Waals surface area contributed by atoms with Crippen LogP contribution in [0.3, 0.4) is 0 Å². The van der Waals surface area contributed by atoms with Crippen molar-refractivity contribution in [2.24, 2.45) is 0 Å². The molecule has 0 unspecified atom stereocenters. The van der Waals surface area contributed by atoms with Crippen molar-refractivity contribution in [3.63, 3.8) is 0 Å². The van der Waals surface area contributed by atoms with E-state index in [1.165, 1.54) is 0 Å². The van der Waals surface area contributed by atoms with Gasteiger partial charge in [0.25, 0.3) is 0 Å². The Morgan fingerprint density at radius 2 is 1.73 bits per heavy atom. The Bertz CT molecular complexity index is 864. The summed E-state index contributed by atoms with van der Waals surface area (Å²) in [5.74, 6) is 1.90. The van der Waals surface area contributed by atoms with E-state index in [9.17, 15) is 0 Å². The quantitative estimate of drug-likeness (QED) is 0.660. The second kappa shape index (κ2) is 7.99. The number of rotatable bonds is 8. The van der Waals surface area contributed by atoms with Crippen molar-refractivity contribution in [2.75, 3.05) is 26.6 Å². The van der Waals surface area contributed by atoms with Crippen molar-refractivity contribution in [3.05, 3.63) is 42.2 Å². The van der Waals surface area contributed by atoms with Gasteiger partial charge in [0.2, 0.25) is 5.75 Å². The zero-order chi connectivity index (χ0) is 18.5. The number of hydrogen-bond donors (Lipinski definition) is 1. The highest BCUT2D eigenvalue weighted by Gasteiger charge is 2.13. The van der Waals surface area contributed by atoms with Gasteiger partial charge in [-0.3, -0.25) is 0 Å². The van der Waals surface area contributed by atoms with Crippen LogP contribution in [0.4, 0.5) is 5.69 Å². The molecular formula is C20H25N3O3. The summed E-state index contributed by atoms with van der Waals surface area (Å²) in [5, 5.41) is 3.43. The lowest BCUT2D eigenvalue weighted by atomic mass is 10.1. The Morgan fingerprint density at radius 3 is 2.35 bits per heavy atom. The van der Waals surface area contributed by atoms with Gasteiger partial charge in [-0.05, 0) is 42.3 Å². The predicted molar refractivity (Wildman–Crippen MR) is 103 cm³/mol. The van der Waals surface area contributed by atoms with E-state index < -0.39 is 0 Å². The molecule has 0 amide bonds. The lowest BCUT2D eigenvalue weighted by Crippen LogP contribution is -2.02. The molecule has 6 nitrogen and oxygen atoms in total. The fourth-order valence-corrected chi connectivity index (χ4v) is 3.03. The fraction of sp³-hybridized carbons (Fsp3) is 0.350. The third kappa shape index (κ3) is 3.54. The highest BCUT2D eigenvalue weighted by molar-refractivity contribution is 5.79. The molecular weight excluding hydrogens is 330 g/mol. The molecule has 1 aromatic heterocycles. The summed E-state index contributed by atoms with van der Waals surface area (Å²) in [6, 6.07) is 10.1. The van der Waals surface area contributed by atoms with Gasteiger partial charge in [-0.1, -0.05) is 6.92 Å². The standard InChI is InChI=1S/C20H25N3O3/c1-5-8-23-13-22-16-11-15(6-7-17(16)23)21-12-14-9-18(24-2)20(26-4)19(10-14)25-3/h6-7,9-11,13,21H,5,8,12H2,1-4H3. The molecule has 0 aliphatic heterocycles. The van der Waals surface area contributed by atoms with Gasteiger partial charge in [0.15, 0.2) is 11.5 Å². The number of nitrogens with zero attached hydrogens (tertiary/aromatic N) is 2. The number of fused-ring (bicyclic) bond motifs is 1. The molecule has 0 radical (unpaired) electrons. The van der Waals surface area contributed by atoms with Crippen LogP contribution < -0.4 is 19.5 Å². The van der Waals surface area contributed by atoms with Gasteiger partial charge in [0, 0.05) is 18.8 Å². The summed E-state index contributed by atoms with van der Waals surface area (Å²) in [4.78, 5) is 4.50. The minimum Gasteiger partial charge on any atom is -0.493 e. The van der Waals surface area contributed by atoms with E-state index in [-0.39, 0.29) is 0 Å². The number of anilines is 1. The summed E-state index contributed by atoms with van der Waals surface area (Å²) in [6.45, 7) is 3.78. The van der Waals surface area contributed by atoms with Crippen LogP contribution in [0, 0.1) is 0 Å². The average molecular weight is 355 g/mol. The van der Waals surface area contributed by atoms with Crippen LogP contribution in [-0.4, -0.2) is 30.9 Å². The summed E-state index contributed by atoms with van der Waals surface area (Å²) in [5.41, 5.74) is 4.21. The minimum absolute atomic E-state index is 0.599.